The van der Waals surface area contributed by atoms with Crippen LogP contribution in [0.4, 0.5) is 5.13 Å². The van der Waals surface area contributed by atoms with Gasteiger partial charge in [0.2, 0.25) is 5.91 Å². The van der Waals surface area contributed by atoms with Crippen LogP contribution >= 0.6 is 22.7 Å². The highest BCUT2D eigenvalue weighted by molar-refractivity contribution is 7.17. The number of carbonyl (C=O) groups is 2. The van der Waals surface area contributed by atoms with E-state index in [1.54, 1.807) is 17.4 Å². The fraction of sp³-hybridized carbons (Fsp3) is 0.312. The van der Waals surface area contributed by atoms with Gasteiger partial charge >= 0.3 is 0 Å². The Bertz CT molecular complexity index is 742. The Labute approximate surface area is 136 Å². The zero-order valence-corrected chi connectivity index (χ0v) is 14.0. The van der Waals surface area contributed by atoms with Gasteiger partial charge in [-0.3, -0.25) is 14.9 Å². The number of thiophene rings is 1. The number of thiazole rings is 1. The summed E-state index contributed by atoms with van der Waals surface area (Å²) in [7, 11) is 0. The number of amides is 1. The van der Waals surface area contributed by atoms with E-state index in [0.717, 1.165) is 17.0 Å². The second kappa shape index (κ2) is 5.78. The van der Waals surface area contributed by atoms with Crippen molar-refractivity contribution < 1.29 is 9.59 Å². The second-order valence-electron chi connectivity index (χ2n) is 6.07. The lowest BCUT2D eigenvalue weighted by Gasteiger charge is -2.26. The molecule has 1 amide bonds. The Kier molecular flexibility index (Phi) is 3.97. The molecule has 0 unspecified atom stereocenters. The molecule has 0 fully saturated rings. The summed E-state index contributed by atoms with van der Waals surface area (Å²) in [6.07, 6.45) is 4.55. The first-order valence-corrected chi connectivity index (χ1v) is 8.68. The molecule has 3 rings (SSSR count). The average molecular weight is 332 g/mol. The largest absolute Gasteiger partial charge is 0.298 e. The van der Waals surface area contributed by atoms with Crippen molar-refractivity contribution in [3.8, 4) is 0 Å². The van der Waals surface area contributed by atoms with Crippen molar-refractivity contribution in [3.63, 3.8) is 0 Å². The number of fused-ring (bicyclic) bond motifs is 1. The van der Waals surface area contributed by atoms with E-state index >= 15 is 0 Å². The molecule has 1 N–H and O–H groups in total. The normalized spacial score (nSPS) is 16.7. The van der Waals surface area contributed by atoms with Crippen molar-refractivity contribution in [2.75, 3.05) is 5.32 Å². The van der Waals surface area contributed by atoms with Crippen LogP contribution < -0.4 is 5.32 Å². The molecule has 0 spiro atoms. The van der Waals surface area contributed by atoms with Crippen molar-refractivity contribution in [1.29, 1.82) is 0 Å². The molecule has 0 radical (unpaired) electrons. The molecule has 4 nitrogen and oxygen atoms in total. The zero-order chi connectivity index (χ0) is 15.7. The third kappa shape index (κ3) is 3.34. The van der Waals surface area contributed by atoms with Crippen LogP contribution in [0.25, 0.3) is 6.08 Å². The number of aromatic nitrogens is 1. The molecule has 114 valence electrons. The number of anilines is 1. The first-order chi connectivity index (χ1) is 10.4. The van der Waals surface area contributed by atoms with Gasteiger partial charge in [0.1, 0.15) is 0 Å². The molecule has 1 aliphatic carbocycles. The van der Waals surface area contributed by atoms with E-state index in [0.29, 0.717) is 16.4 Å². The number of hydrogen-bond acceptors (Lipinski definition) is 5. The molecule has 1 aliphatic rings. The van der Waals surface area contributed by atoms with Crippen LogP contribution in [0, 0.1) is 5.41 Å². The number of Topliss-reactive ketones (excluding diaryl/α,β-unsaturated/α-hetero) is 1. The number of hydrogen-bond donors (Lipinski definition) is 1. The summed E-state index contributed by atoms with van der Waals surface area (Å²) in [6.45, 7) is 4.13. The summed E-state index contributed by atoms with van der Waals surface area (Å²) in [5.41, 5.74) is 0.752. The van der Waals surface area contributed by atoms with Gasteiger partial charge in [-0.05, 0) is 29.4 Å². The maximum atomic E-state index is 12.1. The van der Waals surface area contributed by atoms with Crippen molar-refractivity contribution >= 4 is 45.6 Å². The quantitative estimate of drug-likeness (QED) is 0.864. The number of carbonyl (C=O) groups excluding carboxylic acids is 2. The molecule has 22 heavy (non-hydrogen) atoms. The second-order valence-corrected chi connectivity index (χ2v) is 8.05. The maximum Gasteiger partial charge on any atom is 0.250 e. The smallest absolute Gasteiger partial charge is 0.250 e. The first-order valence-electron chi connectivity index (χ1n) is 6.98. The van der Waals surface area contributed by atoms with Crippen LogP contribution in [-0.4, -0.2) is 16.7 Å². The van der Waals surface area contributed by atoms with Crippen molar-refractivity contribution in [2.45, 2.75) is 26.7 Å². The van der Waals surface area contributed by atoms with Gasteiger partial charge in [-0.2, -0.15) is 0 Å². The van der Waals surface area contributed by atoms with Gasteiger partial charge in [0.15, 0.2) is 10.9 Å². The third-order valence-corrected chi connectivity index (χ3v) is 5.30. The highest BCUT2D eigenvalue weighted by Gasteiger charge is 2.33. The van der Waals surface area contributed by atoms with Gasteiger partial charge < -0.3 is 0 Å². The number of nitrogens with zero attached hydrogens (tertiary/aromatic N) is 1. The molecule has 0 saturated carbocycles. The number of ketones is 1. The lowest BCUT2D eigenvalue weighted by atomic mass is 9.78. The fourth-order valence-corrected chi connectivity index (χ4v) is 4.01. The van der Waals surface area contributed by atoms with Gasteiger partial charge in [-0.25, -0.2) is 4.98 Å². The Morgan fingerprint density at radius 1 is 1.41 bits per heavy atom. The van der Waals surface area contributed by atoms with E-state index in [2.05, 4.69) is 24.1 Å². The Balaban J connectivity index is 1.72. The molecule has 2 heterocycles. The minimum absolute atomic E-state index is 0.0570. The summed E-state index contributed by atoms with van der Waals surface area (Å²) in [4.78, 5) is 30.2. The molecule has 6 heteroatoms. The predicted octanol–water partition coefficient (Wildman–Crippen LogP) is 4.01. The van der Waals surface area contributed by atoms with Crippen molar-refractivity contribution in [2.24, 2.45) is 5.41 Å². The summed E-state index contributed by atoms with van der Waals surface area (Å²) in [5.74, 6) is -0.107. The summed E-state index contributed by atoms with van der Waals surface area (Å²) in [6, 6.07) is 3.88. The van der Waals surface area contributed by atoms with Gasteiger partial charge in [-0.15, -0.1) is 11.3 Å². The van der Waals surface area contributed by atoms with E-state index < -0.39 is 0 Å². The van der Waals surface area contributed by atoms with E-state index in [-0.39, 0.29) is 17.1 Å². The zero-order valence-electron chi connectivity index (χ0n) is 12.4. The number of nitrogens with one attached hydrogen (secondary N) is 1. The Morgan fingerprint density at radius 3 is 2.95 bits per heavy atom. The monoisotopic (exact) mass is 332 g/mol. The lowest BCUT2D eigenvalue weighted by Crippen LogP contribution is -2.26. The number of rotatable bonds is 3. The fourth-order valence-electron chi connectivity index (χ4n) is 2.46. The van der Waals surface area contributed by atoms with Gasteiger partial charge in [0.25, 0.3) is 0 Å². The van der Waals surface area contributed by atoms with Gasteiger partial charge in [0.05, 0.1) is 10.6 Å². The minimum atomic E-state index is -0.230. The van der Waals surface area contributed by atoms with E-state index in [1.165, 1.54) is 17.4 Å². The van der Waals surface area contributed by atoms with E-state index in [1.807, 2.05) is 17.5 Å². The third-order valence-electron chi connectivity index (χ3n) is 3.41. The van der Waals surface area contributed by atoms with Crippen molar-refractivity contribution in [3.05, 3.63) is 39.0 Å². The molecule has 0 aliphatic heterocycles. The van der Waals surface area contributed by atoms with E-state index in [4.69, 9.17) is 0 Å². The highest BCUT2D eigenvalue weighted by atomic mass is 32.1. The summed E-state index contributed by atoms with van der Waals surface area (Å²) >= 11 is 2.84. The Hall–Kier alpha value is -1.79. The lowest BCUT2D eigenvalue weighted by molar-refractivity contribution is -0.111. The average Bonchev–Trinajstić information content (AvgIpc) is 3.04. The molecule has 2 aromatic rings. The first kappa shape index (κ1) is 15.1. The maximum absolute atomic E-state index is 12.1. The van der Waals surface area contributed by atoms with E-state index in [9.17, 15) is 9.59 Å². The van der Waals surface area contributed by atoms with Gasteiger partial charge in [0, 0.05) is 17.4 Å². The highest BCUT2D eigenvalue weighted by Crippen LogP contribution is 2.38. The SMILES string of the molecule is CC1(C)CC(=O)c2sc(NC(=O)C=Cc3cccs3)nc2C1. The van der Waals surface area contributed by atoms with Crippen LogP contribution in [-0.2, 0) is 11.2 Å². The summed E-state index contributed by atoms with van der Waals surface area (Å²) < 4.78 is 0. The minimum Gasteiger partial charge on any atom is -0.298 e. The van der Waals surface area contributed by atoms with Gasteiger partial charge in [-0.1, -0.05) is 31.3 Å². The Morgan fingerprint density at radius 2 is 2.23 bits per heavy atom. The standard InChI is InChI=1S/C16H16N2O2S2/c1-16(2)8-11-14(12(19)9-16)22-15(17-11)18-13(20)6-5-10-4-3-7-21-10/h3-7H,8-9H2,1-2H3,(H,17,18,20). The van der Waals surface area contributed by atoms with Crippen LogP contribution in [0.5, 0.6) is 0 Å². The molecular weight excluding hydrogens is 316 g/mol. The molecule has 0 atom stereocenters. The molecule has 0 aromatic carbocycles. The molecule has 0 bridgehead atoms. The molecule has 2 aromatic heterocycles. The summed E-state index contributed by atoms with van der Waals surface area (Å²) in [5, 5.41) is 5.20. The van der Waals surface area contributed by atoms with Crippen LogP contribution in [0.1, 0.15) is 40.5 Å². The van der Waals surface area contributed by atoms with Crippen LogP contribution in [0.2, 0.25) is 0 Å². The molecular formula is C16H16N2O2S2. The van der Waals surface area contributed by atoms with Crippen LogP contribution in [0.15, 0.2) is 23.6 Å². The topological polar surface area (TPSA) is 59.1 Å². The molecule has 0 saturated heterocycles. The predicted molar refractivity (Wildman–Crippen MR) is 90.5 cm³/mol. The van der Waals surface area contributed by atoms with Crippen molar-refractivity contribution in [1.82, 2.24) is 4.98 Å². The van der Waals surface area contributed by atoms with Crippen LogP contribution in [0.3, 0.4) is 0 Å².